The van der Waals surface area contributed by atoms with Gasteiger partial charge in [-0.1, -0.05) is 39.3 Å². The van der Waals surface area contributed by atoms with Crippen LogP contribution >= 0.6 is 0 Å². The Morgan fingerprint density at radius 1 is 1.26 bits per heavy atom. The molecule has 3 aliphatic heterocycles. The summed E-state index contributed by atoms with van der Waals surface area (Å²) >= 11 is 0. The Hall–Kier alpha value is -2.65. The minimum atomic E-state index is -0.857. The van der Waals surface area contributed by atoms with E-state index in [1.807, 2.05) is 35.8 Å². The minimum Gasteiger partial charge on any atom is -0.493 e. The summed E-state index contributed by atoms with van der Waals surface area (Å²) in [5.74, 6) is -0.809. The summed E-state index contributed by atoms with van der Waals surface area (Å²) in [7, 11) is 0. The van der Waals surface area contributed by atoms with Gasteiger partial charge in [-0.25, -0.2) is 0 Å². The zero-order valence-corrected chi connectivity index (χ0v) is 23.2. The largest absolute Gasteiger partial charge is 0.493 e. The summed E-state index contributed by atoms with van der Waals surface area (Å²) in [6.07, 6.45) is 4.01. The number of nitrogens with two attached hydrogens (primary N) is 1. The number of amides is 2. The molecule has 0 aromatic heterocycles. The molecule has 2 amide bonds. The third kappa shape index (κ3) is 5.99. The van der Waals surface area contributed by atoms with Crippen molar-refractivity contribution in [3.63, 3.8) is 0 Å². The van der Waals surface area contributed by atoms with Gasteiger partial charge >= 0.3 is 5.97 Å². The van der Waals surface area contributed by atoms with Gasteiger partial charge in [0.15, 0.2) is 0 Å². The van der Waals surface area contributed by atoms with E-state index in [2.05, 4.69) is 17.9 Å². The normalized spacial score (nSPS) is 24.5. The number of unbranched alkanes of at least 4 members (excludes halogenated alkanes) is 1. The standard InChI is InChI=1S/C29H44N4O5/c1-4-5-12-31(15-11-30)25(34)19-33-18-22(20-6-7-24-21(17-20)9-16-38-24)26(27(35)36)23(33)8-13-32-14-10-29(2,3)28(32)37/h6-7,17,22-23,26H,4-5,8-16,18-19,30H2,1-3H3,(H,35,36)/t22-,23+,26?/m1/s1. The van der Waals surface area contributed by atoms with E-state index in [-0.39, 0.29) is 35.7 Å². The number of carbonyl (C=O) groups excluding carboxylic acids is 2. The lowest BCUT2D eigenvalue weighted by Gasteiger charge is -2.31. The Kier molecular flexibility index (Phi) is 8.98. The number of carbonyl (C=O) groups is 3. The second-order valence-corrected chi connectivity index (χ2v) is 11.7. The van der Waals surface area contributed by atoms with Crippen LogP contribution in [0.3, 0.4) is 0 Å². The summed E-state index contributed by atoms with van der Waals surface area (Å²) < 4.78 is 5.66. The van der Waals surface area contributed by atoms with E-state index < -0.39 is 11.9 Å². The highest BCUT2D eigenvalue weighted by atomic mass is 16.5. The summed E-state index contributed by atoms with van der Waals surface area (Å²) in [4.78, 5) is 44.8. The fraction of sp³-hybridized carbons (Fsp3) is 0.690. The van der Waals surface area contributed by atoms with Gasteiger partial charge in [0, 0.05) is 63.1 Å². The molecule has 3 heterocycles. The number of fused-ring (bicyclic) bond motifs is 1. The first kappa shape index (κ1) is 28.4. The van der Waals surface area contributed by atoms with Crippen molar-refractivity contribution in [1.82, 2.24) is 14.7 Å². The second kappa shape index (κ2) is 12.0. The Morgan fingerprint density at radius 2 is 2.05 bits per heavy atom. The zero-order valence-electron chi connectivity index (χ0n) is 23.2. The highest BCUT2D eigenvalue weighted by Gasteiger charge is 2.48. The number of ether oxygens (including phenoxy) is 1. The summed E-state index contributed by atoms with van der Waals surface area (Å²) in [5.41, 5.74) is 7.50. The SMILES string of the molecule is CCCCN(CCN)C(=O)CN1C[C@H](c2ccc3c(c2)CCO3)C(C(=O)O)[C@@H]1CCN1CCC(C)(C)C1=O. The van der Waals surface area contributed by atoms with Crippen molar-refractivity contribution in [3.8, 4) is 5.75 Å². The monoisotopic (exact) mass is 528 g/mol. The van der Waals surface area contributed by atoms with Crippen LogP contribution in [0.5, 0.6) is 5.75 Å². The minimum absolute atomic E-state index is 0.0144. The number of aliphatic carboxylic acids is 1. The summed E-state index contributed by atoms with van der Waals surface area (Å²) in [6, 6.07) is 5.65. The van der Waals surface area contributed by atoms with E-state index in [4.69, 9.17) is 10.5 Å². The molecular weight excluding hydrogens is 484 g/mol. The molecule has 0 saturated carbocycles. The summed E-state index contributed by atoms with van der Waals surface area (Å²) in [5, 5.41) is 10.5. The molecule has 0 bridgehead atoms. The molecule has 38 heavy (non-hydrogen) atoms. The molecule has 0 radical (unpaired) electrons. The molecule has 2 fully saturated rings. The zero-order chi connectivity index (χ0) is 27.4. The van der Waals surface area contributed by atoms with Crippen molar-refractivity contribution < 1.29 is 24.2 Å². The van der Waals surface area contributed by atoms with Gasteiger partial charge in [-0.2, -0.15) is 0 Å². The highest BCUT2D eigenvalue weighted by molar-refractivity contribution is 5.84. The van der Waals surface area contributed by atoms with Crippen LogP contribution in [0.15, 0.2) is 18.2 Å². The van der Waals surface area contributed by atoms with Gasteiger partial charge in [0.05, 0.1) is 19.1 Å². The van der Waals surface area contributed by atoms with Crippen LogP contribution in [0.4, 0.5) is 0 Å². The molecule has 2 saturated heterocycles. The number of hydrogen-bond donors (Lipinski definition) is 2. The third-order valence-corrected chi connectivity index (χ3v) is 8.61. The smallest absolute Gasteiger partial charge is 0.308 e. The van der Waals surface area contributed by atoms with Crippen LogP contribution in [-0.4, -0.2) is 96.1 Å². The van der Waals surface area contributed by atoms with E-state index in [1.54, 1.807) is 0 Å². The molecular formula is C29H44N4O5. The van der Waals surface area contributed by atoms with Crippen LogP contribution < -0.4 is 10.5 Å². The predicted molar refractivity (Wildman–Crippen MR) is 145 cm³/mol. The van der Waals surface area contributed by atoms with Crippen molar-refractivity contribution >= 4 is 17.8 Å². The number of rotatable bonds is 12. The Bertz CT molecular complexity index is 1030. The Morgan fingerprint density at radius 3 is 2.71 bits per heavy atom. The second-order valence-electron chi connectivity index (χ2n) is 11.7. The molecule has 3 atom stereocenters. The van der Waals surface area contributed by atoms with E-state index >= 15 is 0 Å². The fourth-order valence-electron chi connectivity index (χ4n) is 6.32. The molecule has 9 nitrogen and oxygen atoms in total. The molecule has 1 aromatic rings. The fourth-order valence-corrected chi connectivity index (χ4v) is 6.32. The quantitative estimate of drug-likeness (QED) is 0.428. The first-order valence-corrected chi connectivity index (χ1v) is 14.2. The van der Waals surface area contributed by atoms with E-state index in [0.29, 0.717) is 52.3 Å². The molecule has 3 aliphatic rings. The lowest BCUT2D eigenvalue weighted by molar-refractivity contribution is -0.144. The van der Waals surface area contributed by atoms with Gasteiger partial charge in [-0.3, -0.25) is 19.3 Å². The molecule has 4 rings (SSSR count). The molecule has 210 valence electrons. The third-order valence-electron chi connectivity index (χ3n) is 8.61. The Labute approximate surface area is 226 Å². The molecule has 0 aliphatic carbocycles. The van der Waals surface area contributed by atoms with Crippen LogP contribution in [0, 0.1) is 11.3 Å². The molecule has 0 spiro atoms. The lowest BCUT2D eigenvalue weighted by Crippen LogP contribution is -2.46. The molecule has 1 unspecified atom stereocenters. The van der Waals surface area contributed by atoms with Crippen molar-refractivity contribution in [2.75, 3.05) is 52.4 Å². The highest BCUT2D eigenvalue weighted by Crippen LogP contribution is 2.41. The molecule has 1 aromatic carbocycles. The van der Waals surface area contributed by atoms with Crippen LogP contribution in [-0.2, 0) is 20.8 Å². The van der Waals surface area contributed by atoms with Gasteiger partial charge in [0.1, 0.15) is 5.75 Å². The predicted octanol–water partition coefficient (Wildman–Crippen LogP) is 2.33. The number of nitrogens with zero attached hydrogens (tertiary/aromatic N) is 3. The number of carboxylic acid groups (broad SMARTS) is 1. The molecule has 3 N–H and O–H groups in total. The summed E-state index contributed by atoms with van der Waals surface area (Å²) in [6.45, 7) is 10.0. The van der Waals surface area contributed by atoms with Crippen molar-refractivity contribution in [2.45, 2.75) is 64.8 Å². The van der Waals surface area contributed by atoms with Gasteiger partial charge in [0.2, 0.25) is 11.8 Å². The van der Waals surface area contributed by atoms with Crippen molar-refractivity contribution in [3.05, 3.63) is 29.3 Å². The number of hydrogen-bond acceptors (Lipinski definition) is 6. The van der Waals surface area contributed by atoms with Crippen LogP contribution in [0.25, 0.3) is 0 Å². The maximum atomic E-state index is 13.4. The van der Waals surface area contributed by atoms with Gasteiger partial charge < -0.3 is 25.4 Å². The average Bonchev–Trinajstić information content (AvgIpc) is 3.56. The average molecular weight is 529 g/mol. The Balaban J connectivity index is 1.58. The van der Waals surface area contributed by atoms with Crippen LogP contribution in [0.2, 0.25) is 0 Å². The van der Waals surface area contributed by atoms with E-state index in [0.717, 1.165) is 42.6 Å². The van der Waals surface area contributed by atoms with Gasteiger partial charge in [0.25, 0.3) is 0 Å². The van der Waals surface area contributed by atoms with Crippen molar-refractivity contribution in [1.29, 1.82) is 0 Å². The number of likely N-dealkylation sites (tertiary alicyclic amines) is 2. The maximum absolute atomic E-state index is 13.4. The number of carboxylic acids is 1. The van der Waals surface area contributed by atoms with Gasteiger partial charge in [-0.15, -0.1) is 0 Å². The first-order valence-electron chi connectivity index (χ1n) is 14.2. The molecule has 9 heteroatoms. The van der Waals surface area contributed by atoms with Crippen molar-refractivity contribution in [2.24, 2.45) is 17.1 Å². The van der Waals surface area contributed by atoms with E-state index in [1.165, 1.54) is 0 Å². The van der Waals surface area contributed by atoms with Gasteiger partial charge in [-0.05, 0) is 36.5 Å². The van der Waals surface area contributed by atoms with Crippen LogP contribution in [0.1, 0.15) is 63.5 Å². The topological polar surface area (TPSA) is 116 Å². The lowest BCUT2D eigenvalue weighted by atomic mass is 9.83. The number of benzene rings is 1. The van der Waals surface area contributed by atoms with E-state index in [9.17, 15) is 19.5 Å². The maximum Gasteiger partial charge on any atom is 0.308 e. The first-order chi connectivity index (χ1) is 18.2.